The second-order valence-corrected chi connectivity index (χ2v) is 4.39. The van der Waals surface area contributed by atoms with Crippen LogP contribution in [0.3, 0.4) is 0 Å². The summed E-state index contributed by atoms with van der Waals surface area (Å²) in [6.07, 6.45) is 3.37. The number of aromatic hydroxyl groups is 1. The number of rotatable bonds is 3. The molecule has 0 atom stereocenters. The van der Waals surface area contributed by atoms with E-state index in [-0.39, 0.29) is 36.8 Å². The first-order valence-corrected chi connectivity index (χ1v) is 6.10. The molecule has 1 aliphatic rings. The van der Waals surface area contributed by atoms with Crippen LogP contribution < -0.4 is 16.6 Å². The van der Waals surface area contributed by atoms with Gasteiger partial charge in [-0.1, -0.05) is 0 Å². The second-order valence-electron chi connectivity index (χ2n) is 4.39. The van der Waals surface area contributed by atoms with Crippen molar-refractivity contribution in [3.05, 3.63) is 27.2 Å². The Hall–Kier alpha value is -1.53. The Morgan fingerprint density at radius 2 is 2.05 bits per heavy atom. The third kappa shape index (κ3) is 3.08. The molecule has 1 aromatic heterocycles. The van der Waals surface area contributed by atoms with E-state index in [1.807, 2.05) is 0 Å². The predicted octanol–water partition coefficient (Wildman–Crippen LogP) is 0.0696. The summed E-state index contributed by atoms with van der Waals surface area (Å²) in [5.41, 5.74) is 5.98. The number of H-pyrrole nitrogens is 1. The molecule has 0 bridgehead atoms. The summed E-state index contributed by atoms with van der Waals surface area (Å²) < 4.78 is 0. The van der Waals surface area contributed by atoms with Gasteiger partial charge in [0.2, 0.25) is 0 Å². The van der Waals surface area contributed by atoms with Gasteiger partial charge in [0, 0.05) is 24.3 Å². The lowest BCUT2D eigenvalue weighted by molar-refractivity contribution is 0.0950. The normalized spacial score (nSPS) is 13.3. The van der Waals surface area contributed by atoms with E-state index in [1.54, 1.807) is 0 Å². The van der Waals surface area contributed by atoms with Gasteiger partial charge in [0.15, 0.2) is 0 Å². The van der Waals surface area contributed by atoms with Crippen molar-refractivity contribution >= 4 is 18.3 Å². The van der Waals surface area contributed by atoms with Crippen LogP contribution in [0.25, 0.3) is 0 Å². The number of aryl methyl sites for hydroxylation is 1. The van der Waals surface area contributed by atoms with Crippen molar-refractivity contribution in [1.82, 2.24) is 10.3 Å². The van der Waals surface area contributed by atoms with Crippen LogP contribution in [0.4, 0.5) is 0 Å². The summed E-state index contributed by atoms with van der Waals surface area (Å²) in [5.74, 6) is -0.754. The first-order chi connectivity index (χ1) is 8.65. The fourth-order valence-corrected chi connectivity index (χ4v) is 2.25. The Morgan fingerprint density at radius 3 is 2.74 bits per heavy atom. The lowest BCUT2D eigenvalue weighted by Gasteiger charge is -2.18. The summed E-state index contributed by atoms with van der Waals surface area (Å²) in [7, 11) is 0. The summed E-state index contributed by atoms with van der Waals surface area (Å²) in [4.78, 5) is 26.3. The van der Waals surface area contributed by atoms with Crippen LogP contribution in [0.2, 0.25) is 0 Å². The molecule has 0 radical (unpaired) electrons. The monoisotopic (exact) mass is 287 g/mol. The van der Waals surface area contributed by atoms with Crippen molar-refractivity contribution in [2.24, 2.45) is 5.73 Å². The molecule has 5 N–H and O–H groups in total. The van der Waals surface area contributed by atoms with E-state index in [0.717, 1.165) is 25.0 Å². The molecule has 1 aromatic rings. The number of carbonyl (C=O) groups excluding carboxylic acids is 1. The topological polar surface area (TPSA) is 108 Å². The number of nitrogens with one attached hydrogen (secondary N) is 2. The van der Waals surface area contributed by atoms with Gasteiger partial charge < -0.3 is 21.1 Å². The van der Waals surface area contributed by atoms with Gasteiger partial charge in [-0.15, -0.1) is 12.4 Å². The Bertz CT molecular complexity index is 528. The highest BCUT2D eigenvalue weighted by molar-refractivity contribution is 5.96. The van der Waals surface area contributed by atoms with Crippen LogP contribution in [0, 0.1) is 0 Å². The van der Waals surface area contributed by atoms with Gasteiger partial charge in [0.05, 0.1) is 0 Å². The number of fused-ring (bicyclic) bond motifs is 1. The van der Waals surface area contributed by atoms with E-state index in [0.29, 0.717) is 12.0 Å². The summed E-state index contributed by atoms with van der Waals surface area (Å²) in [6.45, 7) is 0.560. The molecule has 0 fully saturated rings. The van der Waals surface area contributed by atoms with Gasteiger partial charge in [-0.2, -0.15) is 0 Å². The van der Waals surface area contributed by atoms with Crippen LogP contribution in [0.15, 0.2) is 4.79 Å². The van der Waals surface area contributed by atoms with Crippen LogP contribution in [0.1, 0.15) is 34.5 Å². The van der Waals surface area contributed by atoms with Crippen molar-refractivity contribution < 1.29 is 9.90 Å². The summed E-state index contributed by atoms with van der Waals surface area (Å²) in [5, 5.41) is 12.6. The molecular formula is C12H18ClN3O3. The number of aromatic amines is 1. The molecule has 0 aliphatic heterocycles. The van der Waals surface area contributed by atoms with Gasteiger partial charge in [-0.05, 0) is 25.7 Å². The maximum absolute atomic E-state index is 11.8. The average molecular weight is 288 g/mol. The minimum absolute atomic E-state index is 0. The SMILES string of the molecule is Cl.NCCNC(=O)c1c(O)c2c([nH]c1=O)CCCC2. The van der Waals surface area contributed by atoms with Crippen molar-refractivity contribution in [2.45, 2.75) is 25.7 Å². The zero-order valence-corrected chi connectivity index (χ0v) is 11.3. The zero-order valence-electron chi connectivity index (χ0n) is 10.5. The average Bonchev–Trinajstić information content (AvgIpc) is 2.36. The Labute approximate surface area is 116 Å². The summed E-state index contributed by atoms with van der Waals surface area (Å²) in [6, 6.07) is 0. The fraction of sp³-hybridized carbons (Fsp3) is 0.500. The van der Waals surface area contributed by atoms with E-state index in [4.69, 9.17) is 5.73 Å². The van der Waals surface area contributed by atoms with E-state index in [1.165, 1.54) is 0 Å². The molecule has 1 heterocycles. The van der Waals surface area contributed by atoms with E-state index >= 15 is 0 Å². The molecule has 19 heavy (non-hydrogen) atoms. The molecule has 0 unspecified atom stereocenters. The first-order valence-electron chi connectivity index (χ1n) is 6.10. The van der Waals surface area contributed by atoms with E-state index in [2.05, 4.69) is 10.3 Å². The minimum Gasteiger partial charge on any atom is -0.507 e. The molecule has 0 saturated heterocycles. The molecule has 1 amide bonds. The maximum Gasteiger partial charge on any atom is 0.264 e. The van der Waals surface area contributed by atoms with Crippen molar-refractivity contribution in [3.63, 3.8) is 0 Å². The number of carbonyl (C=O) groups is 1. The largest absolute Gasteiger partial charge is 0.507 e. The quantitative estimate of drug-likeness (QED) is 0.631. The maximum atomic E-state index is 11.8. The zero-order chi connectivity index (χ0) is 13.1. The number of nitrogens with two attached hydrogens (primary N) is 1. The lowest BCUT2D eigenvalue weighted by Crippen LogP contribution is -2.34. The van der Waals surface area contributed by atoms with Crippen molar-refractivity contribution in [1.29, 1.82) is 0 Å². The van der Waals surface area contributed by atoms with E-state index in [9.17, 15) is 14.7 Å². The van der Waals surface area contributed by atoms with Gasteiger partial charge in [-0.25, -0.2) is 0 Å². The molecule has 1 aliphatic carbocycles. The van der Waals surface area contributed by atoms with Gasteiger partial charge in [0.1, 0.15) is 11.3 Å². The van der Waals surface area contributed by atoms with Crippen molar-refractivity contribution in [2.75, 3.05) is 13.1 Å². The molecule has 0 saturated carbocycles. The highest BCUT2D eigenvalue weighted by atomic mass is 35.5. The lowest BCUT2D eigenvalue weighted by atomic mass is 9.93. The van der Waals surface area contributed by atoms with Gasteiger partial charge in [0.25, 0.3) is 11.5 Å². The molecule has 7 heteroatoms. The Kier molecular flexibility index (Phi) is 5.38. The first kappa shape index (κ1) is 15.5. The number of aromatic nitrogens is 1. The summed E-state index contributed by atoms with van der Waals surface area (Å²) >= 11 is 0. The Balaban J connectivity index is 0.00000180. The molecule has 2 rings (SSSR count). The van der Waals surface area contributed by atoms with Gasteiger partial charge >= 0.3 is 0 Å². The number of halogens is 1. The fourth-order valence-electron chi connectivity index (χ4n) is 2.25. The number of hydrogen-bond acceptors (Lipinski definition) is 4. The molecule has 106 valence electrons. The third-order valence-electron chi connectivity index (χ3n) is 3.14. The minimum atomic E-state index is -0.576. The smallest absolute Gasteiger partial charge is 0.264 e. The van der Waals surface area contributed by atoms with Gasteiger partial charge in [-0.3, -0.25) is 9.59 Å². The highest BCUT2D eigenvalue weighted by Crippen LogP contribution is 2.28. The number of pyridine rings is 1. The molecule has 0 spiro atoms. The van der Waals surface area contributed by atoms with E-state index < -0.39 is 11.5 Å². The number of amides is 1. The standard InChI is InChI=1S/C12H17N3O3.ClH/c13-5-6-14-11(17)9-10(16)7-3-1-2-4-8(7)15-12(9)18;/h1-6,13H2,(H,14,17)(H2,15,16,18);1H. The van der Waals surface area contributed by atoms with Crippen molar-refractivity contribution in [3.8, 4) is 5.75 Å². The Morgan fingerprint density at radius 1 is 1.37 bits per heavy atom. The molecule has 6 nitrogen and oxygen atoms in total. The number of hydrogen-bond donors (Lipinski definition) is 4. The van der Waals surface area contributed by atoms with Crippen LogP contribution >= 0.6 is 12.4 Å². The van der Waals surface area contributed by atoms with Crippen LogP contribution in [-0.4, -0.2) is 29.1 Å². The van der Waals surface area contributed by atoms with Crippen LogP contribution in [-0.2, 0) is 12.8 Å². The van der Waals surface area contributed by atoms with Crippen LogP contribution in [0.5, 0.6) is 5.75 Å². The third-order valence-corrected chi connectivity index (χ3v) is 3.14. The predicted molar refractivity (Wildman–Crippen MR) is 74.0 cm³/mol. The highest BCUT2D eigenvalue weighted by Gasteiger charge is 2.23. The molecular weight excluding hydrogens is 270 g/mol. The second kappa shape index (κ2) is 6.58. The molecule has 0 aromatic carbocycles.